The first-order chi connectivity index (χ1) is 7.61. The van der Waals surface area contributed by atoms with Crippen molar-refractivity contribution in [1.29, 1.82) is 0 Å². The van der Waals surface area contributed by atoms with E-state index in [1.54, 1.807) is 0 Å². The van der Waals surface area contributed by atoms with Crippen molar-refractivity contribution < 1.29 is 17.9 Å². The van der Waals surface area contributed by atoms with Crippen LogP contribution >= 0.6 is 0 Å². The zero-order valence-electron chi connectivity index (χ0n) is 9.22. The van der Waals surface area contributed by atoms with Crippen LogP contribution in [0.2, 0.25) is 0 Å². The molecule has 0 amide bonds. The van der Waals surface area contributed by atoms with E-state index >= 15 is 0 Å². The van der Waals surface area contributed by atoms with Gasteiger partial charge in [-0.25, -0.2) is 5.14 Å². The summed E-state index contributed by atoms with van der Waals surface area (Å²) in [5, 5.41) is 8.01. The average Bonchev–Trinajstić information content (AvgIpc) is 2.32. The maximum atomic E-state index is 10.6. The fourth-order valence-electron chi connectivity index (χ4n) is 1.32. The summed E-state index contributed by atoms with van der Waals surface area (Å²) >= 11 is 0. The first-order valence-electron chi connectivity index (χ1n) is 5.25. The SMILES string of the molecule is C1COCCN1.NS(=O)(=O)N1CCOCC1. The lowest BCUT2D eigenvalue weighted by Crippen LogP contribution is -2.44. The predicted molar refractivity (Wildman–Crippen MR) is 59.2 cm³/mol. The van der Waals surface area contributed by atoms with Crippen LogP contribution in [0.4, 0.5) is 0 Å². The molecule has 0 aliphatic carbocycles. The van der Waals surface area contributed by atoms with Crippen LogP contribution in [0, 0.1) is 0 Å². The van der Waals surface area contributed by atoms with Crippen molar-refractivity contribution in [1.82, 2.24) is 9.62 Å². The van der Waals surface area contributed by atoms with Gasteiger partial charge in [0.25, 0.3) is 10.2 Å². The van der Waals surface area contributed by atoms with Gasteiger partial charge >= 0.3 is 0 Å². The molecule has 0 unspecified atom stereocenters. The van der Waals surface area contributed by atoms with E-state index in [2.05, 4.69) is 5.32 Å². The van der Waals surface area contributed by atoms with Gasteiger partial charge in [-0.15, -0.1) is 0 Å². The number of rotatable bonds is 1. The van der Waals surface area contributed by atoms with Crippen LogP contribution in [0.5, 0.6) is 0 Å². The highest BCUT2D eigenvalue weighted by molar-refractivity contribution is 7.86. The molecule has 0 spiro atoms. The van der Waals surface area contributed by atoms with E-state index in [4.69, 9.17) is 14.6 Å². The molecule has 96 valence electrons. The van der Waals surface area contributed by atoms with Gasteiger partial charge in [-0.3, -0.25) is 0 Å². The predicted octanol–water partition coefficient (Wildman–Crippen LogP) is -1.87. The van der Waals surface area contributed by atoms with Crippen molar-refractivity contribution in [3.05, 3.63) is 0 Å². The number of ether oxygens (including phenoxy) is 2. The number of morpholine rings is 2. The fourth-order valence-corrected chi connectivity index (χ4v) is 1.97. The van der Waals surface area contributed by atoms with E-state index in [9.17, 15) is 8.42 Å². The van der Waals surface area contributed by atoms with Crippen LogP contribution in [0.25, 0.3) is 0 Å². The second kappa shape index (κ2) is 7.15. The van der Waals surface area contributed by atoms with E-state index in [1.165, 1.54) is 4.31 Å². The van der Waals surface area contributed by atoms with Gasteiger partial charge in [-0.2, -0.15) is 12.7 Å². The molecule has 2 saturated heterocycles. The normalized spacial score (nSPS) is 23.3. The Morgan fingerprint density at radius 3 is 1.75 bits per heavy atom. The first-order valence-corrected chi connectivity index (χ1v) is 6.75. The highest BCUT2D eigenvalue weighted by Crippen LogP contribution is 1.99. The number of hydrogen-bond acceptors (Lipinski definition) is 5. The molecule has 0 aromatic heterocycles. The lowest BCUT2D eigenvalue weighted by Gasteiger charge is -2.23. The third kappa shape index (κ3) is 5.73. The van der Waals surface area contributed by atoms with Crippen molar-refractivity contribution in [3.63, 3.8) is 0 Å². The van der Waals surface area contributed by atoms with E-state index in [0.29, 0.717) is 26.3 Å². The Morgan fingerprint density at radius 1 is 1.00 bits per heavy atom. The average molecular weight is 253 g/mol. The van der Waals surface area contributed by atoms with Crippen LogP contribution in [-0.4, -0.2) is 65.3 Å². The number of nitrogens with one attached hydrogen (secondary N) is 1. The van der Waals surface area contributed by atoms with Crippen molar-refractivity contribution in [3.8, 4) is 0 Å². The molecule has 2 heterocycles. The molecule has 2 aliphatic rings. The van der Waals surface area contributed by atoms with Gasteiger partial charge in [0.2, 0.25) is 0 Å². The molecule has 16 heavy (non-hydrogen) atoms. The van der Waals surface area contributed by atoms with Crippen LogP contribution < -0.4 is 10.5 Å². The quantitative estimate of drug-likeness (QED) is 0.571. The minimum absolute atomic E-state index is 0.374. The Bertz CT molecular complexity index is 261. The van der Waals surface area contributed by atoms with Crippen molar-refractivity contribution in [2.75, 3.05) is 52.6 Å². The Balaban J connectivity index is 0.000000181. The zero-order valence-corrected chi connectivity index (χ0v) is 10.0. The minimum Gasteiger partial charge on any atom is -0.379 e. The van der Waals surface area contributed by atoms with Gasteiger partial charge in [0, 0.05) is 26.2 Å². The molecule has 0 bridgehead atoms. The third-order valence-electron chi connectivity index (χ3n) is 2.18. The monoisotopic (exact) mass is 253 g/mol. The van der Waals surface area contributed by atoms with Crippen molar-refractivity contribution in [2.24, 2.45) is 5.14 Å². The Kier molecular flexibility index (Phi) is 6.17. The summed E-state index contributed by atoms with van der Waals surface area (Å²) in [5.74, 6) is 0. The molecule has 7 nitrogen and oxygen atoms in total. The second-order valence-corrected chi connectivity index (χ2v) is 4.97. The van der Waals surface area contributed by atoms with E-state index in [0.717, 1.165) is 26.3 Å². The van der Waals surface area contributed by atoms with Gasteiger partial charge in [0.15, 0.2) is 0 Å². The summed E-state index contributed by atoms with van der Waals surface area (Å²) in [6, 6.07) is 0. The van der Waals surface area contributed by atoms with E-state index in [-0.39, 0.29) is 0 Å². The largest absolute Gasteiger partial charge is 0.379 e. The molecule has 2 aliphatic heterocycles. The topological polar surface area (TPSA) is 93.9 Å². The molecule has 2 fully saturated rings. The highest BCUT2D eigenvalue weighted by atomic mass is 32.2. The third-order valence-corrected chi connectivity index (χ3v) is 3.26. The maximum absolute atomic E-state index is 10.6. The molecule has 0 aromatic carbocycles. The number of hydrogen-bond donors (Lipinski definition) is 2. The molecule has 0 aromatic rings. The summed E-state index contributed by atoms with van der Waals surface area (Å²) in [6.07, 6.45) is 0. The molecular weight excluding hydrogens is 234 g/mol. The van der Waals surface area contributed by atoms with E-state index in [1.807, 2.05) is 0 Å². The highest BCUT2D eigenvalue weighted by Gasteiger charge is 2.19. The molecule has 0 atom stereocenters. The Hall–Kier alpha value is -0.250. The molecule has 0 saturated carbocycles. The molecule has 0 radical (unpaired) electrons. The fraction of sp³-hybridized carbons (Fsp3) is 1.00. The van der Waals surface area contributed by atoms with Crippen LogP contribution in [-0.2, 0) is 19.7 Å². The first kappa shape index (κ1) is 13.8. The summed E-state index contributed by atoms with van der Waals surface area (Å²) < 4.78 is 32.4. The van der Waals surface area contributed by atoms with Crippen LogP contribution in [0.15, 0.2) is 0 Å². The van der Waals surface area contributed by atoms with Gasteiger partial charge in [-0.05, 0) is 0 Å². The maximum Gasteiger partial charge on any atom is 0.277 e. The smallest absolute Gasteiger partial charge is 0.277 e. The lowest BCUT2D eigenvalue weighted by molar-refractivity contribution is 0.0730. The summed E-state index contributed by atoms with van der Waals surface area (Å²) in [6.45, 7) is 5.46. The Labute approximate surface area is 96.1 Å². The van der Waals surface area contributed by atoms with Gasteiger partial charge < -0.3 is 14.8 Å². The van der Waals surface area contributed by atoms with Gasteiger partial charge in [0.05, 0.1) is 26.4 Å². The summed E-state index contributed by atoms with van der Waals surface area (Å²) in [4.78, 5) is 0. The lowest BCUT2D eigenvalue weighted by atomic mass is 10.5. The molecular formula is C8H19N3O4S. The second-order valence-electron chi connectivity index (χ2n) is 3.42. The molecule has 2 rings (SSSR count). The van der Waals surface area contributed by atoms with Crippen molar-refractivity contribution >= 4 is 10.2 Å². The Morgan fingerprint density at radius 2 is 1.50 bits per heavy atom. The van der Waals surface area contributed by atoms with Crippen LogP contribution in [0.1, 0.15) is 0 Å². The minimum atomic E-state index is -3.47. The van der Waals surface area contributed by atoms with Crippen LogP contribution in [0.3, 0.4) is 0 Å². The standard InChI is InChI=1S/C4H10N2O3S.C4H9NO/c5-10(7,8)6-1-3-9-4-2-6;1-3-6-4-2-5-1/h1-4H2,(H2,5,7,8);5H,1-4H2. The van der Waals surface area contributed by atoms with Gasteiger partial charge in [0.1, 0.15) is 0 Å². The van der Waals surface area contributed by atoms with E-state index < -0.39 is 10.2 Å². The van der Waals surface area contributed by atoms with Gasteiger partial charge in [-0.1, -0.05) is 0 Å². The molecule has 8 heteroatoms. The zero-order chi connectivity index (χ0) is 11.9. The molecule has 3 N–H and O–H groups in total. The summed E-state index contributed by atoms with van der Waals surface area (Å²) in [5.41, 5.74) is 0. The van der Waals surface area contributed by atoms with Crippen molar-refractivity contribution in [2.45, 2.75) is 0 Å². The number of nitrogens with two attached hydrogens (primary N) is 1. The summed E-state index contributed by atoms with van der Waals surface area (Å²) in [7, 11) is -3.47. The number of nitrogens with zero attached hydrogens (tertiary/aromatic N) is 1.